The van der Waals surface area contributed by atoms with Crippen molar-refractivity contribution >= 4 is 0 Å². The van der Waals surface area contributed by atoms with Gasteiger partial charge < -0.3 is 5.73 Å². The van der Waals surface area contributed by atoms with Crippen LogP contribution in [0.5, 0.6) is 0 Å². The van der Waals surface area contributed by atoms with Crippen LogP contribution >= 0.6 is 0 Å². The number of nitrogens with two attached hydrogens (primary N) is 1. The largest absolute Gasteiger partial charge is 0.325 e. The molecular formula is C11H23N. The first kappa shape index (κ1) is 10.0. The van der Waals surface area contributed by atoms with Crippen molar-refractivity contribution in [1.82, 2.24) is 0 Å². The van der Waals surface area contributed by atoms with E-state index in [9.17, 15) is 0 Å². The molecule has 0 spiro atoms. The molecule has 2 atom stereocenters. The first-order valence-electron chi connectivity index (χ1n) is 5.16. The van der Waals surface area contributed by atoms with Crippen LogP contribution in [0, 0.1) is 11.3 Å². The molecule has 0 aliphatic heterocycles. The third kappa shape index (κ3) is 2.01. The third-order valence-corrected chi connectivity index (χ3v) is 3.52. The van der Waals surface area contributed by atoms with Crippen molar-refractivity contribution in [3.05, 3.63) is 0 Å². The highest BCUT2D eigenvalue weighted by Gasteiger charge is 2.39. The van der Waals surface area contributed by atoms with Gasteiger partial charge in [-0.3, -0.25) is 0 Å². The molecule has 1 aliphatic rings. The summed E-state index contributed by atoms with van der Waals surface area (Å²) in [4.78, 5) is 0. The third-order valence-electron chi connectivity index (χ3n) is 3.52. The number of rotatable bonds is 1. The molecule has 72 valence electrons. The van der Waals surface area contributed by atoms with Crippen molar-refractivity contribution in [2.45, 2.75) is 58.9 Å². The van der Waals surface area contributed by atoms with E-state index in [2.05, 4.69) is 27.7 Å². The minimum absolute atomic E-state index is 0.0924. The van der Waals surface area contributed by atoms with Gasteiger partial charge in [0.15, 0.2) is 0 Å². The van der Waals surface area contributed by atoms with Gasteiger partial charge in [-0.25, -0.2) is 0 Å². The molecule has 0 saturated heterocycles. The highest BCUT2D eigenvalue weighted by Crippen LogP contribution is 2.45. The Labute approximate surface area is 76.7 Å². The van der Waals surface area contributed by atoms with Crippen LogP contribution in [0.2, 0.25) is 0 Å². The van der Waals surface area contributed by atoms with Gasteiger partial charge >= 0.3 is 0 Å². The SMILES string of the molecule is CC[C@H]1CC[C@](C)(N)CC1(C)C. The lowest BCUT2D eigenvalue weighted by Crippen LogP contribution is -2.47. The zero-order valence-corrected chi connectivity index (χ0v) is 8.98. The van der Waals surface area contributed by atoms with Gasteiger partial charge in [-0.2, -0.15) is 0 Å². The van der Waals surface area contributed by atoms with Gasteiger partial charge in [-0.1, -0.05) is 27.2 Å². The summed E-state index contributed by atoms with van der Waals surface area (Å²) in [7, 11) is 0. The second kappa shape index (κ2) is 3.02. The lowest BCUT2D eigenvalue weighted by molar-refractivity contribution is 0.0815. The molecule has 1 nitrogen and oxygen atoms in total. The predicted molar refractivity (Wildman–Crippen MR) is 54.0 cm³/mol. The first-order valence-corrected chi connectivity index (χ1v) is 5.16. The van der Waals surface area contributed by atoms with Gasteiger partial charge in [-0.05, 0) is 37.5 Å². The maximum atomic E-state index is 6.17. The Morgan fingerprint density at radius 3 is 2.33 bits per heavy atom. The normalized spacial score (nSPS) is 41.2. The molecule has 1 heteroatoms. The topological polar surface area (TPSA) is 26.0 Å². The molecule has 0 amide bonds. The summed E-state index contributed by atoms with van der Waals surface area (Å²) < 4.78 is 0. The highest BCUT2D eigenvalue weighted by molar-refractivity contribution is 4.94. The molecule has 1 aliphatic carbocycles. The highest BCUT2D eigenvalue weighted by atomic mass is 14.7. The molecule has 2 N–H and O–H groups in total. The first-order chi connectivity index (χ1) is 5.37. The fourth-order valence-corrected chi connectivity index (χ4v) is 2.92. The molecule has 12 heavy (non-hydrogen) atoms. The Morgan fingerprint density at radius 1 is 1.33 bits per heavy atom. The van der Waals surface area contributed by atoms with Crippen LogP contribution in [0.3, 0.4) is 0 Å². The van der Waals surface area contributed by atoms with E-state index in [4.69, 9.17) is 5.73 Å². The van der Waals surface area contributed by atoms with Crippen molar-refractivity contribution in [2.24, 2.45) is 17.1 Å². The molecular weight excluding hydrogens is 146 g/mol. The van der Waals surface area contributed by atoms with Crippen LogP contribution in [-0.2, 0) is 0 Å². The minimum atomic E-state index is 0.0924. The van der Waals surface area contributed by atoms with Gasteiger partial charge in [0.05, 0.1) is 0 Å². The van der Waals surface area contributed by atoms with Crippen LogP contribution in [0.15, 0.2) is 0 Å². The van der Waals surface area contributed by atoms with E-state index < -0.39 is 0 Å². The van der Waals surface area contributed by atoms with Crippen molar-refractivity contribution in [3.8, 4) is 0 Å². The molecule has 1 rings (SSSR count). The van der Waals surface area contributed by atoms with Crippen LogP contribution in [0.1, 0.15) is 53.4 Å². The Hall–Kier alpha value is -0.0400. The summed E-state index contributed by atoms with van der Waals surface area (Å²) in [5, 5.41) is 0. The minimum Gasteiger partial charge on any atom is -0.325 e. The Kier molecular flexibility index (Phi) is 2.53. The van der Waals surface area contributed by atoms with Gasteiger partial charge in [0.2, 0.25) is 0 Å². The summed E-state index contributed by atoms with van der Waals surface area (Å²) in [6, 6.07) is 0. The monoisotopic (exact) mass is 169 g/mol. The summed E-state index contributed by atoms with van der Waals surface area (Å²) in [5.41, 5.74) is 6.72. The summed E-state index contributed by atoms with van der Waals surface area (Å²) >= 11 is 0. The number of hydrogen-bond acceptors (Lipinski definition) is 1. The van der Waals surface area contributed by atoms with Crippen LogP contribution in [0.4, 0.5) is 0 Å². The Morgan fingerprint density at radius 2 is 1.92 bits per heavy atom. The smallest absolute Gasteiger partial charge is 0.0131 e. The Bertz CT molecular complexity index is 158. The lowest BCUT2D eigenvalue weighted by atomic mass is 9.62. The van der Waals surface area contributed by atoms with E-state index in [0.717, 1.165) is 5.92 Å². The molecule has 1 fully saturated rings. The average Bonchev–Trinajstić information content (AvgIpc) is 1.83. The van der Waals surface area contributed by atoms with Gasteiger partial charge in [0.1, 0.15) is 0 Å². The van der Waals surface area contributed by atoms with Crippen LogP contribution < -0.4 is 5.73 Å². The Balaban J connectivity index is 2.67. The van der Waals surface area contributed by atoms with E-state index in [0.29, 0.717) is 5.41 Å². The summed E-state index contributed by atoms with van der Waals surface area (Å²) in [5.74, 6) is 0.883. The van der Waals surface area contributed by atoms with Crippen molar-refractivity contribution in [2.75, 3.05) is 0 Å². The second-order valence-corrected chi connectivity index (χ2v) is 5.46. The van der Waals surface area contributed by atoms with Gasteiger partial charge in [0, 0.05) is 5.54 Å². The van der Waals surface area contributed by atoms with E-state index in [1.54, 1.807) is 0 Å². The lowest BCUT2D eigenvalue weighted by Gasteiger charge is -2.46. The van der Waals surface area contributed by atoms with Crippen LogP contribution in [-0.4, -0.2) is 5.54 Å². The molecule has 1 saturated carbocycles. The molecule has 0 heterocycles. The maximum absolute atomic E-state index is 6.17. The van der Waals surface area contributed by atoms with E-state index in [-0.39, 0.29) is 5.54 Å². The molecule has 0 aromatic heterocycles. The van der Waals surface area contributed by atoms with Crippen LogP contribution in [0.25, 0.3) is 0 Å². The predicted octanol–water partition coefficient (Wildman–Crippen LogP) is 2.94. The second-order valence-electron chi connectivity index (χ2n) is 5.46. The molecule has 0 bridgehead atoms. The quantitative estimate of drug-likeness (QED) is 0.641. The fourth-order valence-electron chi connectivity index (χ4n) is 2.92. The maximum Gasteiger partial charge on any atom is 0.0131 e. The van der Waals surface area contributed by atoms with E-state index in [1.165, 1.54) is 25.7 Å². The number of hydrogen-bond donors (Lipinski definition) is 1. The zero-order chi connectivity index (χ0) is 9.41. The zero-order valence-electron chi connectivity index (χ0n) is 8.98. The fraction of sp³-hybridized carbons (Fsp3) is 1.00. The van der Waals surface area contributed by atoms with E-state index in [1.807, 2.05) is 0 Å². The van der Waals surface area contributed by atoms with Crippen molar-refractivity contribution in [1.29, 1.82) is 0 Å². The standard InChI is InChI=1S/C11H23N/c1-5-9-6-7-11(4,12)8-10(9,2)3/h9H,5-8,12H2,1-4H3/t9-,11-/m0/s1. The summed E-state index contributed by atoms with van der Waals surface area (Å²) in [6.07, 6.45) is 5.01. The van der Waals surface area contributed by atoms with Crippen molar-refractivity contribution in [3.63, 3.8) is 0 Å². The molecule has 0 unspecified atom stereocenters. The molecule has 0 radical (unpaired) electrons. The van der Waals surface area contributed by atoms with Gasteiger partial charge in [0.25, 0.3) is 0 Å². The van der Waals surface area contributed by atoms with Crippen molar-refractivity contribution < 1.29 is 0 Å². The van der Waals surface area contributed by atoms with E-state index >= 15 is 0 Å². The van der Waals surface area contributed by atoms with Gasteiger partial charge in [-0.15, -0.1) is 0 Å². The average molecular weight is 169 g/mol. The molecule has 0 aromatic carbocycles. The molecule has 0 aromatic rings. The summed E-state index contributed by atoms with van der Waals surface area (Å²) in [6.45, 7) is 9.23.